The van der Waals surface area contributed by atoms with Gasteiger partial charge in [-0.1, -0.05) is 11.6 Å². The van der Waals surface area contributed by atoms with Gasteiger partial charge in [-0.25, -0.2) is 0 Å². The van der Waals surface area contributed by atoms with Crippen LogP contribution in [0.4, 0.5) is 5.69 Å². The average Bonchev–Trinajstić information content (AvgIpc) is 2.26. The molecule has 0 atom stereocenters. The van der Waals surface area contributed by atoms with Gasteiger partial charge in [-0.05, 0) is 24.3 Å². The normalized spacial score (nSPS) is 10.7. The van der Waals surface area contributed by atoms with E-state index in [9.17, 15) is 0 Å². The van der Waals surface area contributed by atoms with Gasteiger partial charge in [0.2, 0.25) is 0 Å². The Labute approximate surface area is 95.5 Å². The first-order chi connectivity index (χ1) is 7.17. The lowest BCUT2D eigenvalue weighted by atomic mass is 10.3. The van der Waals surface area contributed by atoms with E-state index in [1.807, 2.05) is 36.2 Å². The predicted octanol–water partition coefficient (Wildman–Crippen LogP) is 2.40. The first-order valence-corrected chi connectivity index (χ1v) is 5.07. The van der Waals surface area contributed by atoms with Crippen molar-refractivity contribution in [1.82, 2.24) is 0 Å². The Morgan fingerprint density at radius 3 is 2.20 bits per heavy atom. The summed E-state index contributed by atoms with van der Waals surface area (Å²) in [6, 6.07) is 7.65. The zero-order chi connectivity index (χ0) is 11.3. The minimum Gasteiger partial charge on any atom is -0.369 e. The molecule has 15 heavy (non-hydrogen) atoms. The van der Waals surface area contributed by atoms with E-state index in [0.717, 1.165) is 10.7 Å². The fourth-order valence-corrected chi connectivity index (χ4v) is 1.40. The van der Waals surface area contributed by atoms with Crippen LogP contribution in [0.15, 0.2) is 24.3 Å². The molecule has 1 aromatic carbocycles. The Morgan fingerprint density at radius 1 is 1.20 bits per heavy atom. The summed E-state index contributed by atoms with van der Waals surface area (Å²) < 4.78 is 10.3. The fourth-order valence-electron chi connectivity index (χ4n) is 1.27. The third-order valence-corrected chi connectivity index (χ3v) is 2.47. The van der Waals surface area contributed by atoms with Gasteiger partial charge in [-0.15, -0.1) is 0 Å². The number of halogens is 1. The Bertz CT molecular complexity index is 285. The maximum atomic E-state index is 5.81. The summed E-state index contributed by atoms with van der Waals surface area (Å²) in [6.45, 7) is 0.675. The first kappa shape index (κ1) is 12.3. The number of benzene rings is 1. The molecule has 0 bridgehead atoms. The lowest BCUT2D eigenvalue weighted by Crippen LogP contribution is -2.31. The molecule has 0 saturated heterocycles. The van der Waals surface area contributed by atoms with Crippen LogP contribution < -0.4 is 4.90 Å². The number of methoxy groups -OCH3 is 2. The second-order valence-electron chi connectivity index (χ2n) is 3.26. The summed E-state index contributed by atoms with van der Waals surface area (Å²) >= 11 is 5.81. The maximum absolute atomic E-state index is 5.81. The average molecular weight is 230 g/mol. The summed E-state index contributed by atoms with van der Waals surface area (Å²) in [6.07, 6.45) is -0.217. The van der Waals surface area contributed by atoms with Crippen molar-refractivity contribution in [3.05, 3.63) is 29.3 Å². The first-order valence-electron chi connectivity index (χ1n) is 4.69. The summed E-state index contributed by atoms with van der Waals surface area (Å²) in [5.41, 5.74) is 1.08. The number of hydrogen-bond acceptors (Lipinski definition) is 3. The Kier molecular flexibility index (Phi) is 4.88. The zero-order valence-corrected chi connectivity index (χ0v) is 9.99. The van der Waals surface area contributed by atoms with E-state index in [2.05, 4.69) is 0 Å². The van der Waals surface area contributed by atoms with Crippen molar-refractivity contribution < 1.29 is 9.47 Å². The molecule has 0 saturated carbocycles. The number of likely N-dealkylation sites (N-methyl/N-ethyl adjacent to an activating group) is 1. The highest BCUT2D eigenvalue weighted by Gasteiger charge is 2.09. The number of hydrogen-bond donors (Lipinski definition) is 0. The van der Waals surface area contributed by atoms with Gasteiger partial charge in [0.05, 0.1) is 6.54 Å². The minimum atomic E-state index is -0.217. The quantitative estimate of drug-likeness (QED) is 0.724. The number of rotatable bonds is 5. The molecular formula is C11H16ClNO2. The zero-order valence-electron chi connectivity index (χ0n) is 9.24. The molecule has 0 N–H and O–H groups in total. The van der Waals surface area contributed by atoms with Crippen molar-refractivity contribution >= 4 is 17.3 Å². The van der Waals surface area contributed by atoms with Crippen molar-refractivity contribution in [2.75, 3.05) is 32.7 Å². The molecule has 0 fully saturated rings. The van der Waals surface area contributed by atoms with Crippen LogP contribution in [0.1, 0.15) is 0 Å². The highest BCUT2D eigenvalue weighted by atomic mass is 35.5. The van der Waals surface area contributed by atoms with Gasteiger partial charge in [0.15, 0.2) is 6.29 Å². The van der Waals surface area contributed by atoms with E-state index in [-0.39, 0.29) is 6.29 Å². The predicted molar refractivity (Wildman–Crippen MR) is 62.5 cm³/mol. The standard InChI is InChI=1S/C11H16ClNO2/c1-13(8-11(14-2)15-3)10-6-4-9(12)5-7-10/h4-7,11H,8H2,1-3H3. The monoisotopic (exact) mass is 229 g/mol. The van der Waals surface area contributed by atoms with E-state index in [1.165, 1.54) is 0 Å². The minimum absolute atomic E-state index is 0.217. The molecule has 0 aromatic heterocycles. The van der Waals surface area contributed by atoms with Gasteiger partial charge in [0, 0.05) is 32.0 Å². The second-order valence-corrected chi connectivity index (χ2v) is 3.69. The van der Waals surface area contributed by atoms with Gasteiger partial charge in [0.1, 0.15) is 0 Å². The molecule has 1 aromatic rings. The van der Waals surface area contributed by atoms with E-state index in [1.54, 1.807) is 14.2 Å². The van der Waals surface area contributed by atoms with Crippen LogP contribution in [-0.2, 0) is 9.47 Å². The molecule has 0 aliphatic heterocycles. The highest BCUT2D eigenvalue weighted by molar-refractivity contribution is 6.30. The van der Waals surface area contributed by atoms with Crippen LogP contribution in [0.2, 0.25) is 5.02 Å². The van der Waals surface area contributed by atoms with Crippen molar-refractivity contribution in [1.29, 1.82) is 0 Å². The smallest absolute Gasteiger partial charge is 0.174 e. The molecule has 0 aliphatic rings. The third kappa shape index (κ3) is 3.70. The van der Waals surface area contributed by atoms with Crippen molar-refractivity contribution in [3.63, 3.8) is 0 Å². The second kappa shape index (κ2) is 5.95. The summed E-state index contributed by atoms with van der Waals surface area (Å²) in [5.74, 6) is 0. The Morgan fingerprint density at radius 2 is 1.73 bits per heavy atom. The van der Waals surface area contributed by atoms with E-state index >= 15 is 0 Å². The SMILES string of the molecule is COC(CN(C)c1ccc(Cl)cc1)OC. The molecule has 0 spiro atoms. The van der Waals surface area contributed by atoms with Gasteiger partial charge in [-0.3, -0.25) is 0 Å². The van der Waals surface area contributed by atoms with Gasteiger partial charge in [-0.2, -0.15) is 0 Å². The van der Waals surface area contributed by atoms with Crippen LogP contribution >= 0.6 is 11.6 Å². The third-order valence-electron chi connectivity index (χ3n) is 2.22. The van der Waals surface area contributed by atoms with Crippen molar-refractivity contribution in [3.8, 4) is 0 Å². The highest BCUT2D eigenvalue weighted by Crippen LogP contribution is 2.17. The van der Waals surface area contributed by atoms with E-state index in [4.69, 9.17) is 21.1 Å². The van der Waals surface area contributed by atoms with Crippen LogP contribution in [0.25, 0.3) is 0 Å². The molecular weight excluding hydrogens is 214 g/mol. The van der Waals surface area contributed by atoms with Crippen LogP contribution in [0.5, 0.6) is 0 Å². The van der Waals surface area contributed by atoms with Crippen LogP contribution in [0, 0.1) is 0 Å². The molecule has 3 nitrogen and oxygen atoms in total. The largest absolute Gasteiger partial charge is 0.369 e. The molecule has 0 unspecified atom stereocenters. The molecule has 0 radical (unpaired) electrons. The van der Waals surface area contributed by atoms with Crippen molar-refractivity contribution in [2.45, 2.75) is 6.29 Å². The van der Waals surface area contributed by atoms with Gasteiger partial charge < -0.3 is 14.4 Å². The lowest BCUT2D eigenvalue weighted by Gasteiger charge is -2.23. The summed E-state index contributed by atoms with van der Waals surface area (Å²) in [4.78, 5) is 2.05. The molecule has 0 aliphatic carbocycles. The molecule has 1 rings (SSSR count). The molecule has 0 heterocycles. The van der Waals surface area contributed by atoms with Crippen LogP contribution in [-0.4, -0.2) is 34.1 Å². The Hall–Kier alpha value is -0.770. The molecule has 0 amide bonds. The fraction of sp³-hybridized carbons (Fsp3) is 0.455. The van der Waals surface area contributed by atoms with Gasteiger partial charge in [0.25, 0.3) is 0 Å². The van der Waals surface area contributed by atoms with E-state index < -0.39 is 0 Å². The lowest BCUT2D eigenvalue weighted by molar-refractivity contribution is -0.0944. The Balaban J connectivity index is 2.60. The number of nitrogens with zero attached hydrogens (tertiary/aromatic N) is 1. The molecule has 84 valence electrons. The topological polar surface area (TPSA) is 21.7 Å². The van der Waals surface area contributed by atoms with E-state index in [0.29, 0.717) is 6.54 Å². The number of ether oxygens (including phenoxy) is 2. The van der Waals surface area contributed by atoms with Crippen LogP contribution in [0.3, 0.4) is 0 Å². The van der Waals surface area contributed by atoms with Crippen molar-refractivity contribution in [2.24, 2.45) is 0 Å². The maximum Gasteiger partial charge on any atom is 0.174 e. The number of anilines is 1. The van der Waals surface area contributed by atoms with Gasteiger partial charge >= 0.3 is 0 Å². The molecule has 4 heteroatoms. The summed E-state index contributed by atoms with van der Waals surface area (Å²) in [5, 5.41) is 0.738. The summed E-state index contributed by atoms with van der Waals surface area (Å²) in [7, 11) is 5.24.